The van der Waals surface area contributed by atoms with Gasteiger partial charge in [-0.1, -0.05) is 0 Å². The summed E-state index contributed by atoms with van der Waals surface area (Å²) in [6.07, 6.45) is 4.77. The molecule has 4 fully saturated rings. The quantitative estimate of drug-likeness (QED) is 0.748. The first-order chi connectivity index (χ1) is 14.7. The normalized spacial score (nSPS) is 25.4. The molecule has 0 saturated carbocycles. The Bertz CT molecular complexity index is 866. The van der Waals surface area contributed by atoms with Crippen LogP contribution in [0, 0.1) is 5.92 Å². The number of rotatable bonds is 5. The predicted molar refractivity (Wildman–Crippen MR) is 120 cm³/mol. The average molecular weight is 406 g/mol. The van der Waals surface area contributed by atoms with Crippen LogP contribution in [0.4, 0.5) is 11.4 Å². The minimum absolute atomic E-state index is 0.165. The summed E-state index contributed by atoms with van der Waals surface area (Å²) in [6.45, 7) is 5.32. The van der Waals surface area contributed by atoms with Gasteiger partial charge in [-0.15, -0.1) is 0 Å². The summed E-state index contributed by atoms with van der Waals surface area (Å²) in [6, 6.07) is 17.1. The molecule has 1 atom stereocenters. The fourth-order valence-electron chi connectivity index (χ4n) is 5.37. The maximum absolute atomic E-state index is 12.8. The van der Waals surface area contributed by atoms with E-state index < -0.39 is 0 Å². The van der Waals surface area contributed by atoms with Crippen LogP contribution in [0.15, 0.2) is 48.5 Å². The highest BCUT2D eigenvalue weighted by Gasteiger charge is 2.38. The Balaban J connectivity index is 1.45. The second-order valence-corrected chi connectivity index (χ2v) is 8.82. The Morgan fingerprint density at radius 3 is 2.03 bits per heavy atom. The van der Waals surface area contributed by atoms with E-state index in [-0.39, 0.29) is 5.91 Å². The van der Waals surface area contributed by atoms with Gasteiger partial charge in [0.1, 0.15) is 5.75 Å². The highest BCUT2D eigenvalue weighted by Crippen LogP contribution is 2.38. The molecule has 0 radical (unpaired) electrons. The molecule has 30 heavy (non-hydrogen) atoms. The lowest BCUT2D eigenvalue weighted by Gasteiger charge is -2.49. The molecule has 2 aromatic carbocycles. The Morgan fingerprint density at radius 1 is 0.900 bits per heavy atom. The molecular formula is C25H31N3O2. The number of methoxy groups -OCH3 is 1. The monoisotopic (exact) mass is 405 g/mol. The fraction of sp³-hybridized carbons (Fsp3) is 0.480. The highest BCUT2D eigenvalue weighted by atomic mass is 16.5. The lowest BCUT2D eigenvalue weighted by Crippen LogP contribution is -2.56. The zero-order valence-corrected chi connectivity index (χ0v) is 17.8. The van der Waals surface area contributed by atoms with Crippen molar-refractivity contribution in [3.63, 3.8) is 0 Å². The van der Waals surface area contributed by atoms with Gasteiger partial charge in [-0.3, -0.25) is 4.79 Å². The van der Waals surface area contributed by atoms with Gasteiger partial charge in [0.2, 0.25) is 0 Å². The van der Waals surface area contributed by atoms with Crippen LogP contribution in [0.2, 0.25) is 0 Å². The number of amides is 1. The van der Waals surface area contributed by atoms with Gasteiger partial charge in [0.25, 0.3) is 5.91 Å². The molecule has 1 unspecified atom stereocenters. The van der Waals surface area contributed by atoms with Gasteiger partial charge in [0, 0.05) is 42.6 Å². The average Bonchev–Trinajstić information content (AvgIpc) is 3.36. The smallest absolute Gasteiger partial charge is 0.253 e. The molecule has 4 aliphatic rings. The molecule has 0 aliphatic carbocycles. The second kappa shape index (κ2) is 8.31. The van der Waals surface area contributed by atoms with Gasteiger partial charge in [0.15, 0.2) is 0 Å². The molecular weight excluding hydrogens is 374 g/mol. The third-order valence-corrected chi connectivity index (χ3v) is 7.09. The van der Waals surface area contributed by atoms with E-state index in [1.165, 1.54) is 31.6 Å². The Kier molecular flexibility index (Phi) is 5.38. The molecule has 2 aromatic rings. The summed E-state index contributed by atoms with van der Waals surface area (Å²) in [7, 11) is 1.70. The zero-order chi connectivity index (χ0) is 20.5. The summed E-state index contributed by atoms with van der Waals surface area (Å²) in [5.74, 6) is 1.75. The predicted octanol–water partition coefficient (Wildman–Crippen LogP) is 4.16. The van der Waals surface area contributed by atoms with E-state index in [1.54, 1.807) is 7.11 Å². The molecule has 4 saturated heterocycles. The van der Waals surface area contributed by atoms with Crippen LogP contribution in [0.3, 0.4) is 0 Å². The first kappa shape index (κ1) is 19.4. The molecule has 0 aromatic heterocycles. The van der Waals surface area contributed by atoms with Crippen LogP contribution in [0.5, 0.6) is 5.75 Å². The van der Waals surface area contributed by atoms with Crippen LogP contribution >= 0.6 is 0 Å². The SMILES string of the molecule is COc1ccc(N(c2ccc(C(=O)N3CCCC3)cc2)C2CN3CCC2CC3)cc1. The summed E-state index contributed by atoms with van der Waals surface area (Å²) in [4.78, 5) is 19.8. The maximum Gasteiger partial charge on any atom is 0.253 e. The van der Waals surface area contributed by atoms with Crippen molar-refractivity contribution in [3.8, 4) is 5.75 Å². The van der Waals surface area contributed by atoms with Crippen molar-refractivity contribution < 1.29 is 9.53 Å². The maximum atomic E-state index is 12.8. The van der Waals surface area contributed by atoms with Crippen LogP contribution < -0.4 is 9.64 Å². The van der Waals surface area contributed by atoms with Crippen molar-refractivity contribution in [2.24, 2.45) is 5.92 Å². The number of ether oxygens (including phenoxy) is 1. The summed E-state index contributed by atoms with van der Waals surface area (Å²) >= 11 is 0. The largest absolute Gasteiger partial charge is 0.497 e. The van der Waals surface area contributed by atoms with Gasteiger partial charge in [-0.2, -0.15) is 0 Å². The second-order valence-electron chi connectivity index (χ2n) is 8.82. The van der Waals surface area contributed by atoms with Crippen LogP contribution in [-0.2, 0) is 0 Å². The number of anilines is 2. The van der Waals surface area contributed by atoms with E-state index in [1.807, 2.05) is 29.2 Å². The standard InChI is InChI=1S/C25H31N3O2/c1-30-23-10-8-22(9-11-23)28(24-18-26-16-12-19(24)13-17-26)21-6-4-20(5-7-21)25(29)27-14-2-3-15-27/h4-11,19,24H,2-3,12-18H2,1H3. The molecule has 4 aliphatic heterocycles. The van der Waals surface area contributed by atoms with Gasteiger partial charge in [-0.25, -0.2) is 0 Å². The number of fused-ring (bicyclic) bond motifs is 3. The first-order valence-electron chi connectivity index (χ1n) is 11.3. The number of hydrogen-bond acceptors (Lipinski definition) is 4. The Labute approximate surface area is 179 Å². The molecule has 0 spiro atoms. The fourth-order valence-corrected chi connectivity index (χ4v) is 5.37. The molecule has 5 nitrogen and oxygen atoms in total. The molecule has 158 valence electrons. The van der Waals surface area contributed by atoms with Crippen molar-refractivity contribution in [2.45, 2.75) is 31.7 Å². The van der Waals surface area contributed by atoms with E-state index in [0.29, 0.717) is 12.0 Å². The number of carbonyl (C=O) groups is 1. The van der Waals surface area contributed by atoms with Crippen molar-refractivity contribution in [1.82, 2.24) is 9.80 Å². The molecule has 2 bridgehead atoms. The van der Waals surface area contributed by atoms with Gasteiger partial charge < -0.3 is 19.4 Å². The topological polar surface area (TPSA) is 36.0 Å². The number of nitrogens with zero attached hydrogens (tertiary/aromatic N) is 3. The number of piperidine rings is 3. The van der Waals surface area contributed by atoms with Crippen LogP contribution in [-0.4, -0.2) is 61.6 Å². The number of hydrogen-bond donors (Lipinski definition) is 0. The summed E-state index contributed by atoms with van der Waals surface area (Å²) < 4.78 is 5.37. The Hall–Kier alpha value is -2.53. The van der Waals surface area contributed by atoms with Gasteiger partial charge in [-0.05, 0) is 93.2 Å². The van der Waals surface area contributed by atoms with E-state index in [0.717, 1.165) is 49.5 Å². The van der Waals surface area contributed by atoms with Crippen LogP contribution in [0.1, 0.15) is 36.0 Å². The van der Waals surface area contributed by atoms with Crippen molar-refractivity contribution in [1.29, 1.82) is 0 Å². The van der Waals surface area contributed by atoms with E-state index >= 15 is 0 Å². The number of likely N-dealkylation sites (tertiary alicyclic amines) is 1. The van der Waals surface area contributed by atoms with E-state index in [2.05, 4.69) is 34.1 Å². The van der Waals surface area contributed by atoms with Gasteiger partial charge >= 0.3 is 0 Å². The minimum atomic E-state index is 0.165. The third-order valence-electron chi connectivity index (χ3n) is 7.09. The molecule has 4 heterocycles. The minimum Gasteiger partial charge on any atom is -0.497 e. The molecule has 0 N–H and O–H groups in total. The highest BCUT2D eigenvalue weighted by molar-refractivity contribution is 5.94. The first-order valence-corrected chi connectivity index (χ1v) is 11.3. The third kappa shape index (κ3) is 3.67. The van der Waals surface area contributed by atoms with Crippen molar-refractivity contribution >= 4 is 17.3 Å². The summed E-state index contributed by atoms with van der Waals surface area (Å²) in [5.41, 5.74) is 3.15. The summed E-state index contributed by atoms with van der Waals surface area (Å²) in [5, 5.41) is 0. The van der Waals surface area contributed by atoms with Gasteiger partial charge in [0.05, 0.1) is 7.11 Å². The van der Waals surface area contributed by atoms with E-state index in [4.69, 9.17) is 4.74 Å². The number of benzene rings is 2. The molecule has 1 amide bonds. The lowest BCUT2D eigenvalue weighted by molar-refractivity contribution is 0.0793. The Morgan fingerprint density at radius 2 is 1.50 bits per heavy atom. The number of carbonyl (C=O) groups excluding carboxylic acids is 1. The lowest BCUT2D eigenvalue weighted by atomic mass is 9.82. The molecule has 6 rings (SSSR count). The van der Waals surface area contributed by atoms with E-state index in [9.17, 15) is 4.79 Å². The van der Waals surface area contributed by atoms with Crippen molar-refractivity contribution in [2.75, 3.05) is 44.7 Å². The molecule has 5 heteroatoms. The van der Waals surface area contributed by atoms with Crippen LogP contribution in [0.25, 0.3) is 0 Å². The zero-order valence-electron chi connectivity index (χ0n) is 17.8. The van der Waals surface area contributed by atoms with Crippen molar-refractivity contribution in [3.05, 3.63) is 54.1 Å².